The fourth-order valence-electron chi connectivity index (χ4n) is 2.78. The van der Waals surface area contributed by atoms with Crippen LogP contribution in [-0.4, -0.2) is 17.6 Å². The largest absolute Gasteiger partial charge is 0.465 e. The van der Waals surface area contributed by atoms with Gasteiger partial charge in [0.25, 0.3) is 0 Å². The van der Waals surface area contributed by atoms with Crippen LogP contribution >= 0.6 is 0 Å². The predicted molar refractivity (Wildman–Crippen MR) is 88.3 cm³/mol. The second-order valence-electron chi connectivity index (χ2n) is 5.58. The summed E-state index contributed by atoms with van der Waals surface area (Å²) in [4.78, 5) is 11.6. The molecular weight excluding hydrogens is 274 g/mol. The molecule has 0 atom stereocenters. The van der Waals surface area contributed by atoms with Crippen molar-refractivity contribution in [2.45, 2.75) is 20.4 Å². The third-order valence-corrected chi connectivity index (χ3v) is 4.19. The van der Waals surface area contributed by atoms with Crippen molar-refractivity contribution in [1.29, 1.82) is 0 Å². The predicted octanol–water partition coefficient (Wildman–Crippen LogP) is 4.09. The average Bonchev–Trinajstić information content (AvgIpc) is 2.94. The Balaban J connectivity index is 1.97. The van der Waals surface area contributed by atoms with Crippen molar-refractivity contribution >= 4 is 16.9 Å². The van der Waals surface area contributed by atoms with E-state index in [1.54, 1.807) is 6.07 Å². The summed E-state index contributed by atoms with van der Waals surface area (Å²) < 4.78 is 6.99. The van der Waals surface area contributed by atoms with Gasteiger partial charge in [-0.1, -0.05) is 18.2 Å². The molecule has 112 valence electrons. The zero-order valence-electron chi connectivity index (χ0n) is 13.1. The van der Waals surface area contributed by atoms with Gasteiger partial charge in [0, 0.05) is 23.6 Å². The van der Waals surface area contributed by atoms with Gasteiger partial charge >= 0.3 is 5.97 Å². The number of esters is 1. The summed E-state index contributed by atoms with van der Waals surface area (Å²) >= 11 is 0. The maximum Gasteiger partial charge on any atom is 0.337 e. The van der Waals surface area contributed by atoms with Crippen LogP contribution in [0.3, 0.4) is 0 Å². The van der Waals surface area contributed by atoms with Gasteiger partial charge in [-0.2, -0.15) is 0 Å². The van der Waals surface area contributed by atoms with Crippen LogP contribution in [0, 0.1) is 13.8 Å². The summed E-state index contributed by atoms with van der Waals surface area (Å²) in [5.41, 5.74) is 5.51. The van der Waals surface area contributed by atoms with Gasteiger partial charge in [0.2, 0.25) is 0 Å². The second-order valence-corrected chi connectivity index (χ2v) is 5.58. The lowest BCUT2D eigenvalue weighted by Crippen LogP contribution is -2.03. The van der Waals surface area contributed by atoms with Crippen molar-refractivity contribution in [3.63, 3.8) is 0 Å². The fourth-order valence-corrected chi connectivity index (χ4v) is 2.78. The van der Waals surface area contributed by atoms with E-state index in [9.17, 15) is 4.79 Å². The van der Waals surface area contributed by atoms with Crippen molar-refractivity contribution in [3.05, 3.63) is 70.9 Å². The number of fused-ring (bicyclic) bond motifs is 1. The number of methoxy groups -OCH3 is 1. The molecule has 0 amide bonds. The normalized spacial score (nSPS) is 10.9. The first-order chi connectivity index (χ1) is 10.6. The van der Waals surface area contributed by atoms with Gasteiger partial charge in [-0.15, -0.1) is 0 Å². The van der Waals surface area contributed by atoms with Gasteiger partial charge in [0.05, 0.1) is 12.7 Å². The van der Waals surface area contributed by atoms with Gasteiger partial charge in [-0.05, 0) is 54.8 Å². The first-order valence-electron chi connectivity index (χ1n) is 7.32. The van der Waals surface area contributed by atoms with E-state index in [1.165, 1.54) is 29.1 Å². The number of carbonyl (C=O) groups excluding carboxylic acids is 1. The summed E-state index contributed by atoms with van der Waals surface area (Å²) in [7, 11) is 1.40. The molecule has 0 bridgehead atoms. The van der Waals surface area contributed by atoms with Crippen LogP contribution in [0.25, 0.3) is 10.9 Å². The quantitative estimate of drug-likeness (QED) is 0.681. The Morgan fingerprint density at radius 2 is 1.95 bits per heavy atom. The molecule has 0 aliphatic heterocycles. The molecule has 1 aromatic heterocycles. The minimum absolute atomic E-state index is 0.300. The molecule has 0 unspecified atom stereocenters. The van der Waals surface area contributed by atoms with E-state index in [0.717, 1.165) is 12.1 Å². The second kappa shape index (κ2) is 5.68. The fraction of sp³-hybridized carbons (Fsp3) is 0.211. The lowest BCUT2D eigenvalue weighted by Gasteiger charge is -2.09. The van der Waals surface area contributed by atoms with Crippen molar-refractivity contribution in [1.82, 2.24) is 4.57 Å². The maximum absolute atomic E-state index is 11.6. The molecule has 3 rings (SSSR count). The zero-order valence-corrected chi connectivity index (χ0v) is 13.1. The number of carbonyl (C=O) groups is 1. The number of hydrogen-bond acceptors (Lipinski definition) is 2. The van der Waals surface area contributed by atoms with Crippen LogP contribution in [0.4, 0.5) is 0 Å². The Morgan fingerprint density at radius 3 is 2.73 bits per heavy atom. The number of nitrogens with zero attached hydrogens (tertiary/aromatic N) is 1. The van der Waals surface area contributed by atoms with E-state index in [-0.39, 0.29) is 5.97 Å². The van der Waals surface area contributed by atoms with Crippen LogP contribution in [0.1, 0.15) is 27.0 Å². The molecule has 0 aliphatic carbocycles. The maximum atomic E-state index is 11.6. The van der Waals surface area contributed by atoms with Gasteiger partial charge in [0.15, 0.2) is 0 Å². The first-order valence-corrected chi connectivity index (χ1v) is 7.32. The van der Waals surface area contributed by atoms with E-state index in [1.807, 2.05) is 18.2 Å². The van der Waals surface area contributed by atoms with Crippen LogP contribution in [0.15, 0.2) is 48.7 Å². The number of benzene rings is 2. The summed E-state index contributed by atoms with van der Waals surface area (Å²) in [6.45, 7) is 5.02. The molecule has 0 N–H and O–H groups in total. The van der Waals surface area contributed by atoms with Crippen molar-refractivity contribution in [3.8, 4) is 0 Å². The van der Waals surface area contributed by atoms with Crippen LogP contribution in [0.2, 0.25) is 0 Å². The van der Waals surface area contributed by atoms with E-state index >= 15 is 0 Å². The number of aryl methyl sites for hydroxylation is 2. The van der Waals surface area contributed by atoms with Crippen molar-refractivity contribution in [2.75, 3.05) is 7.11 Å². The molecule has 22 heavy (non-hydrogen) atoms. The van der Waals surface area contributed by atoms with Crippen LogP contribution in [-0.2, 0) is 11.3 Å². The minimum atomic E-state index is -0.300. The highest BCUT2D eigenvalue weighted by atomic mass is 16.5. The molecule has 0 saturated heterocycles. The number of rotatable bonds is 3. The van der Waals surface area contributed by atoms with Gasteiger partial charge in [-0.25, -0.2) is 4.79 Å². The molecule has 0 saturated carbocycles. The lowest BCUT2D eigenvalue weighted by molar-refractivity contribution is 0.0600. The SMILES string of the molecule is COC(=O)c1cccc(Cn2ccc3c(C)c(C)ccc32)c1. The molecule has 2 aromatic carbocycles. The lowest BCUT2D eigenvalue weighted by atomic mass is 10.1. The topological polar surface area (TPSA) is 31.2 Å². The molecule has 1 heterocycles. The summed E-state index contributed by atoms with van der Waals surface area (Å²) in [6, 6.07) is 14.0. The van der Waals surface area contributed by atoms with E-state index in [2.05, 4.69) is 42.8 Å². The Hall–Kier alpha value is -2.55. The molecule has 3 nitrogen and oxygen atoms in total. The van der Waals surface area contributed by atoms with Gasteiger partial charge in [0.1, 0.15) is 0 Å². The molecule has 0 fully saturated rings. The summed E-state index contributed by atoms with van der Waals surface area (Å²) in [5.74, 6) is -0.300. The van der Waals surface area contributed by atoms with Gasteiger partial charge < -0.3 is 9.30 Å². The first kappa shape index (κ1) is 14.4. The highest BCUT2D eigenvalue weighted by Crippen LogP contribution is 2.23. The van der Waals surface area contributed by atoms with Crippen molar-refractivity contribution in [2.24, 2.45) is 0 Å². The van der Waals surface area contributed by atoms with E-state index in [0.29, 0.717) is 5.56 Å². The molecule has 0 radical (unpaired) electrons. The van der Waals surface area contributed by atoms with Crippen LogP contribution in [0.5, 0.6) is 0 Å². The Kier molecular flexibility index (Phi) is 3.72. The standard InChI is InChI=1S/C19H19NO2/c1-13-7-8-18-17(14(13)2)9-10-20(18)12-15-5-4-6-16(11-15)19(21)22-3/h4-11H,12H2,1-3H3. The van der Waals surface area contributed by atoms with Crippen molar-refractivity contribution < 1.29 is 9.53 Å². The molecule has 3 heteroatoms. The molecule has 0 aliphatic rings. The Labute approximate surface area is 130 Å². The zero-order chi connectivity index (χ0) is 15.7. The number of hydrogen-bond donors (Lipinski definition) is 0. The average molecular weight is 293 g/mol. The van der Waals surface area contributed by atoms with E-state index in [4.69, 9.17) is 4.74 Å². The summed E-state index contributed by atoms with van der Waals surface area (Å²) in [5, 5.41) is 1.28. The van der Waals surface area contributed by atoms with Gasteiger partial charge in [-0.3, -0.25) is 0 Å². The minimum Gasteiger partial charge on any atom is -0.465 e. The van der Waals surface area contributed by atoms with E-state index < -0.39 is 0 Å². The molecule has 0 spiro atoms. The van der Waals surface area contributed by atoms with Crippen LogP contribution < -0.4 is 0 Å². The highest BCUT2D eigenvalue weighted by molar-refractivity contribution is 5.89. The monoisotopic (exact) mass is 293 g/mol. The Morgan fingerprint density at radius 1 is 1.14 bits per heavy atom. The third kappa shape index (κ3) is 2.50. The summed E-state index contributed by atoms with van der Waals surface area (Å²) in [6.07, 6.45) is 2.10. The Bertz CT molecular complexity index is 846. The number of ether oxygens (including phenoxy) is 1. The smallest absolute Gasteiger partial charge is 0.337 e. The number of aromatic nitrogens is 1. The molecular formula is C19H19NO2. The third-order valence-electron chi connectivity index (χ3n) is 4.19. The molecule has 3 aromatic rings. The highest BCUT2D eigenvalue weighted by Gasteiger charge is 2.08.